The van der Waals surface area contributed by atoms with E-state index in [1.807, 2.05) is 37.3 Å². The molecule has 0 radical (unpaired) electrons. The van der Waals surface area contributed by atoms with Crippen LogP contribution in [-0.2, 0) is 0 Å². The Kier molecular flexibility index (Phi) is 3.79. The summed E-state index contributed by atoms with van der Waals surface area (Å²) in [5.41, 5.74) is 1.64. The average Bonchev–Trinajstić information content (AvgIpc) is 2.32. The number of halogens is 2. The molecule has 0 aromatic heterocycles. The van der Waals surface area contributed by atoms with Gasteiger partial charge in [-0.15, -0.1) is 0 Å². The molecule has 0 aliphatic rings. The minimum Gasteiger partial charge on any atom is -0.376 e. The molecule has 88 valence electrons. The van der Waals surface area contributed by atoms with Gasteiger partial charge in [-0.05, 0) is 36.8 Å². The minimum absolute atomic E-state index is 0.0596. The Morgan fingerprint density at radius 1 is 1.12 bits per heavy atom. The van der Waals surface area contributed by atoms with Gasteiger partial charge in [0.1, 0.15) is 5.82 Å². The fourth-order valence-corrected chi connectivity index (χ4v) is 2.09. The van der Waals surface area contributed by atoms with Crippen molar-refractivity contribution in [2.75, 3.05) is 5.32 Å². The van der Waals surface area contributed by atoms with Crippen LogP contribution in [0.1, 0.15) is 18.5 Å². The standard InChI is InChI=1S/C14H13BrFN/c1-10(11-5-4-6-12(15)9-11)17-14-8-3-2-7-13(14)16/h2-10,17H,1H3. The van der Waals surface area contributed by atoms with E-state index in [-0.39, 0.29) is 11.9 Å². The van der Waals surface area contributed by atoms with E-state index >= 15 is 0 Å². The van der Waals surface area contributed by atoms with Crippen molar-refractivity contribution in [1.82, 2.24) is 0 Å². The first-order valence-electron chi connectivity index (χ1n) is 5.43. The molecule has 0 aliphatic heterocycles. The van der Waals surface area contributed by atoms with Gasteiger partial charge in [-0.25, -0.2) is 4.39 Å². The van der Waals surface area contributed by atoms with Crippen molar-refractivity contribution < 1.29 is 4.39 Å². The van der Waals surface area contributed by atoms with Gasteiger partial charge in [0.05, 0.1) is 5.69 Å². The number of hydrogen-bond donors (Lipinski definition) is 1. The van der Waals surface area contributed by atoms with Crippen LogP contribution in [0.2, 0.25) is 0 Å². The molecule has 1 unspecified atom stereocenters. The number of anilines is 1. The third-order valence-electron chi connectivity index (χ3n) is 2.59. The van der Waals surface area contributed by atoms with Crippen LogP contribution < -0.4 is 5.32 Å². The first-order valence-corrected chi connectivity index (χ1v) is 6.22. The lowest BCUT2D eigenvalue weighted by molar-refractivity contribution is 0.627. The fraction of sp³-hybridized carbons (Fsp3) is 0.143. The maximum Gasteiger partial charge on any atom is 0.146 e. The molecule has 1 nitrogen and oxygen atoms in total. The van der Waals surface area contributed by atoms with Crippen molar-refractivity contribution in [3.63, 3.8) is 0 Å². The van der Waals surface area contributed by atoms with Gasteiger partial charge in [0.25, 0.3) is 0 Å². The van der Waals surface area contributed by atoms with E-state index in [9.17, 15) is 4.39 Å². The van der Waals surface area contributed by atoms with E-state index in [2.05, 4.69) is 21.2 Å². The third-order valence-corrected chi connectivity index (χ3v) is 3.09. The van der Waals surface area contributed by atoms with Gasteiger partial charge >= 0.3 is 0 Å². The normalized spacial score (nSPS) is 12.2. The summed E-state index contributed by atoms with van der Waals surface area (Å²) in [7, 11) is 0. The summed E-state index contributed by atoms with van der Waals surface area (Å²) in [6.45, 7) is 2.01. The van der Waals surface area contributed by atoms with Gasteiger partial charge in [0, 0.05) is 10.5 Å². The van der Waals surface area contributed by atoms with Crippen molar-refractivity contribution >= 4 is 21.6 Å². The molecule has 0 saturated heterocycles. The van der Waals surface area contributed by atoms with Crippen LogP contribution in [0.15, 0.2) is 53.0 Å². The van der Waals surface area contributed by atoms with Gasteiger partial charge in [-0.2, -0.15) is 0 Å². The first kappa shape index (κ1) is 12.1. The van der Waals surface area contributed by atoms with Gasteiger partial charge in [-0.3, -0.25) is 0 Å². The van der Waals surface area contributed by atoms with Crippen molar-refractivity contribution in [2.24, 2.45) is 0 Å². The molecule has 3 heteroatoms. The molecule has 0 aliphatic carbocycles. The van der Waals surface area contributed by atoms with Crippen molar-refractivity contribution in [1.29, 1.82) is 0 Å². The maximum atomic E-state index is 13.5. The second-order valence-electron chi connectivity index (χ2n) is 3.90. The van der Waals surface area contributed by atoms with Crippen molar-refractivity contribution in [3.05, 3.63) is 64.4 Å². The highest BCUT2D eigenvalue weighted by molar-refractivity contribution is 9.10. The third kappa shape index (κ3) is 3.07. The molecule has 1 atom stereocenters. The van der Waals surface area contributed by atoms with E-state index in [0.717, 1.165) is 10.0 Å². The molecular formula is C14H13BrFN. The van der Waals surface area contributed by atoms with Crippen molar-refractivity contribution in [2.45, 2.75) is 13.0 Å². The molecule has 1 N–H and O–H groups in total. The predicted octanol–water partition coefficient (Wildman–Crippen LogP) is 4.76. The summed E-state index contributed by atoms with van der Waals surface area (Å²) >= 11 is 3.43. The topological polar surface area (TPSA) is 12.0 Å². The van der Waals surface area contributed by atoms with Crippen molar-refractivity contribution in [3.8, 4) is 0 Å². The molecule has 0 spiro atoms. The van der Waals surface area contributed by atoms with E-state index < -0.39 is 0 Å². The Morgan fingerprint density at radius 3 is 2.59 bits per heavy atom. The summed E-state index contributed by atoms with van der Waals surface area (Å²) in [4.78, 5) is 0. The second kappa shape index (κ2) is 5.32. The van der Waals surface area contributed by atoms with Crippen LogP contribution in [-0.4, -0.2) is 0 Å². The lowest BCUT2D eigenvalue weighted by Crippen LogP contribution is -2.07. The average molecular weight is 294 g/mol. The highest BCUT2D eigenvalue weighted by atomic mass is 79.9. The molecule has 2 aromatic rings. The highest BCUT2D eigenvalue weighted by Gasteiger charge is 2.07. The first-order chi connectivity index (χ1) is 8.16. The summed E-state index contributed by atoms with van der Waals surface area (Å²) in [5.74, 6) is -0.227. The van der Waals surface area contributed by atoms with Crippen LogP contribution >= 0.6 is 15.9 Å². The Balaban J connectivity index is 2.17. The molecule has 0 saturated carbocycles. The Bertz CT molecular complexity index is 513. The SMILES string of the molecule is CC(Nc1ccccc1F)c1cccc(Br)c1. The lowest BCUT2D eigenvalue weighted by Gasteiger charge is -2.16. The number of rotatable bonds is 3. The summed E-state index contributed by atoms with van der Waals surface area (Å²) in [5, 5.41) is 3.16. The number of hydrogen-bond acceptors (Lipinski definition) is 1. The molecule has 17 heavy (non-hydrogen) atoms. The van der Waals surface area contributed by atoms with E-state index in [1.165, 1.54) is 6.07 Å². The largest absolute Gasteiger partial charge is 0.376 e. The molecular weight excluding hydrogens is 281 g/mol. The number of para-hydroxylation sites is 1. The van der Waals surface area contributed by atoms with E-state index in [1.54, 1.807) is 12.1 Å². The number of nitrogens with one attached hydrogen (secondary N) is 1. The lowest BCUT2D eigenvalue weighted by atomic mass is 10.1. The zero-order valence-corrected chi connectivity index (χ0v) is 11.0. The van der Waals surface area contributed by atoms with Gasteiger partial charge in [0.2, 0.25) is 0 Å². The maximum absolute atomic E-state index is 13.5. The van der Waals surface area contributed by atoms with Crippen LogP contribution in [0.3, 0.4) is 0 Å². The zero-order valence-electron chi connectivity index (χ0n) is 9.45. The van der Waals surface area contributed by atoms with E-state index in [4.69, 9.17) is 0 Å². The second-order valence-corrected chi connectivity index (χ2v) is 4.82. The molecule has 0 fully saturated rings. The smallest absolute Gasteiger partial charge is 0.146 e. The predicted molar refractivity (Wildman–Crippen MR) is 72.6 cm³/mol. The molecule has 0 bridgehead atoms. The molecule has 2 rings (SSSR count). The Morgan fingerprint density at radius 2 is 1.88 bits per heavy atom. The fourth-order valence-electron chi connectivity index (χ4n) is 1.67. The molecule has 0 heterocycles. The highest BCUT2D eigenvalue weighted by Crippen LogP contribution is 2.23. The summed E-state index contributed by atoms with van der Waals surface area (Å²) in [6.07, 6.45) is 0. The van der Waals surface area contributed by atoms with E-state index in [0.29, 0.717) is 5.69 Å². The molecule has 0 amide bonds. The van der Waals surface area contributed by atoms with Gasteiger partial charge in [-0.1, -0.05) is 40.2 Å². The van der Waals surface area contributed by atoms with Crippen LogP contribution in [0, 0.1) is 5.82 Å². The zero-order chi connectivity index (χ0) is 12.3. The van der Waals surface area contributed by atoms with Crippen LogP contribution in [0.4, 0.5) is 10.1 Å². The van der Waals surface area contributed by atoms with Crippen LogP contribution in [0.5, 0.6) is 0 Å². The summed E-state index contributed by atoms with van der Waals surface area (Å²) in [6, 6.07) is 14.7. The monoisotopic (exact) mass is 293 g/mol. The van der Waals surface area contributed by atoms with Gasteiger partial charge < -0.3 is 5.32 Å². The number of benzene rings is 2. The Labute approximate surface area is 109 Å². The van der Waals surface area contributed by atoms with Gasteiger partial charge in [0.15, 0.2) is 0 Å². The minimum atomic E-state index is -0.227. The quantitative estimate of drug-likeness (QED) is 0.860. The molecule has 2 aromatic carbocycles. The van der Waals surface area contributed by atoms with Crippen LogP contribution in [0.25, 0.3) is 0 Å². The summed E-state index contributed by atoms with van der Waals surface area (Å²) < 4.78 is 14.5. The Hall–Kier alpha value is -1.35.